The molecule has 0 bridgehead atoms. The highest BCUT2D eigenvalue weighted by Crippen LogP contribution is 2.36. The van der Waals surface area contributed by atoms with Crippen molar-refractivity contribution < 1.29 is 9.90 Å². The van der Waals surface area contributed by atoms with E-state index in [9.17, 15) is 9.90 Å². The first kappa shape index (κ1) is 22.9. The molecule has 28 heavy (non-hydrogen) atoms. The second kappa shape index (κ2) is 9.86. The molecule has 0 saturated carbocycles. The van der Waals surface area contributed by atoms with Gasteiger partial charge in [0.1, 0.15) is 22.5 Å². The molecular formula is C20H24I2N4O2. The Morgan fingerprint density at radius 2 is 1.71 bits per heavy atom. The predicted octanol–water partition coefficient (Wildman–Crippen LogP) is 4.87. The maximum atomic E-state index is 11.6. The van der Waals surface area contributed by atoms with Crippen LogP contribution in [0, 0.1) is 0 Å². The van der Waals surface area contributed by atoms with Crippen molar-refractivity contribution >= 4 is 54.2 Å². The summed E-state index contributed by atoms with van der Waals surface area (Å²) in [6.07, 6.45) is 0.968. The Labute approximate surface area is 188 Å². The molecule has 0 radical (unpaired) electrons. The van der Waals surface area contributed by atoms with Crippen LogP contribution in [-0.4, -0.2) is 33.1 Å². The highest BCUT2D eigenvalue weighted by atomic mass is 128. The summed E-state index contributed by atoms with van der Waals surface area (Å²) in [5.41, 5.74) is 3.57. The van der Waals surface area contributed by atoms with Gasteiger partial charge in [0, 0.05) is 56.3 Å². The van der Waals surface area contributed by atoms with Crippen LogP contribution in [0.3, 0.4) is 0 Å². The van der Waals surface area contributed by atoms with Crippen LogP contribution in [0.1, 0.15) is 38.3 Å². The third kappa shape index (κ3) is 5.34. The molecule has 1 amide bonds. The number of aromatic hydroxyl groups is 1. The maximum Gasteiger partial charge on any atom is 0.220 e. The molecule has 0 saturated heterocycles. The monoisotopic (exact) mass is 606 g/mol. The van der Waals surface area contributed by atoms with Gasteiger partial charge in [-0.2, -0.15) is 0 Å². The molecule has 0 fully saturated rings. The van der Waals surface area contributed by atoms with Crippen LogP contribution in [0.2, 0.25) is 0 Å². The van der Waals surface area contributed by atoms with E-state index in [0.29, 0.717) is 18.5 Å². The molecule has 3 aromatic rings. The summed E-state index contributed by atoms with van der Waals surface area (Å²) in [7, 11) is 1.63. The first-order chi connectivity index (χ1) is 13.3. The van der Waals surface area contributed by atoms with Crippen molar-refractivity contribution in [2.75, 3.05) is 7.05 Å². The van der Waals surface area contributed by atoms with Gasteiger partial charge in [-0.05, 0) is 35.6 Å². The topological polar surface area (TPSA) is 80.0 Å². The Hall–Kier alpha value is -1.43. The lowest BCUT2D eigenvalue weighted by Gasteiger charge is -2.23. The maximum absolute atomic E-state index is 11.6. The van der Waals surface area contributed by atoms with E-state index in [-0.39, 0.29) is 17.1 Å². The van der Waals surface area contributed by atoms with Crippen LogP contribution in [0.4, 0.5) is 0 Å². The van der Waals surface area contributed by atoms with Gasteiger partial charge >= 0.3 is 0 Å². The molecule has 0 aliphatic heterocycles. The minimum absolute atomic E-state index is 0.0140. The van der Waals surface area contributed by atoms with Gasteiger partial charge in [0.15, 0.2) is 0 Å². The van der Waals surface area contributed by atoms with E-state index in [1.54, 1.807) is 7.05 Å². The summed E-state index contributed by atoms with van der Waals surface area (Å²) in [4.78, 5) is 13.1. The van der Waals surface area contributed by atoms with Crippen LogP contribution >= 0.6 is 37.2 Å². The van der Waals surface area contributed by atoms with Crippen LogP contribution in [0.5, 0.6) is 5.75 Å². The predicted molar refractivity (Wildman–Crippen MR) is 130 cm³/mol. The fourth-order valence-corrected chi connectivity index (χ4v) is 2.90. The number of carbonyl (C=O) groups excluding carboxylic acids is 1. The molecule has 3 rings (SSSR count). The van der Waals surface area contributed by atoms with E-state index in [0.717, 1.165) is 22.2 Å². The first-order valence-corrected chi connectivity index (χ1v) is 15.1. The molecule has 2 N–H and O–H groups in total. The van der Waals surface area contributed by atoms with Crippen molar-refractivity contribution in [1.29, 1.82) is 0 Å². The number of aromatic nitrogens is 3. The number of halogens is 2. The summed E-state index contributed by atoms with van der Waals surface area (Å²) in [5.74, 6) is 0.154. The zero-order valence-electron chi connectivity index (χ0n) is 16.3. The number of amides is 1. The van der Waals surface area contributed by atoms with E-state index >= 15 is 0 Å². The molecule has 8 heteroatoms. The van der Waals surface area contributed by atoms with Crippen molar-refractivity contribution in [1.82, 2.24) is 20.3 Å². The van der Waals surface area contributed by atoms with E-state index in [4.69, 9.17) is 0 Å². The standard InChI is InChI=1S/C20H24N4O2.I2/c1-20(2,3)14-11-13(9-10-18(25)21-4)12-17(19(14)26)24-22-15-7-5-6-8-16(15)23-24;1-2/h5-8,11-12,26H,9-10H2,1-4H3,(H,21,25);. The number of carbonyl (C=O) groups is 1. The molecule has 0 aliphatic rings. The summed E-state index contributed by atoms with van der Waals surface area (Å²) < 4.78 is 0. The number of benzene rings is 2. The van der Waals surface area contributed by atoms with Gasteiger partial charge in [0.25, 0.3) is 0 Å². The Morgan fingerprint density at radius 3 is 2.21 bits per heavy atom. The van der Waals surface area contributed by atoms with Crippen molar-refractivity contribution in [3.63, 3.8) is 0 Å². The van der Waals surface area contributed by atoms with Gasteiger partial charge in [0.2, 0.25) is 5.91 Å². The van der Waals surface area contributed by atoms with Gasteiger partial charge in [-0.25, -0.2) is 0 Å². The van der Waals surface area contributed by atoms with Crippen LogP contribution < -0.4 is 5.32 Å². The minimum atomic E-state index is -0.256. The van der Waals surface area contributed by atoms with E-state index in [2.05, 4.69) is 52.7 Å². The number of fused-ring (bicyclic) bond motifs is 1. The number of hydrogen-bond donors (Lipinski definition) is 2. The van der Waals surface area contributed by atoms with E-state index < -0.39 is 0 Å². The Balaban J connectivity index is 0.00000136. The van der Waals surface area contributed by atoms with Gasteiger partial charge in [-0.1, -0.05) is 39.0 Å². The molecule has 2 aromatic carbocycles. The van der Waals surface area contributed by atoms with Gasteiger partial charge in [-0.3, -0.25) is 4.79 Å². The Kier molecular flexibility index (Phi) is 8.05. The van der Waals surface area contributed by atoms with Gasteiger partial charge < -0.3 is 10.4 Å². The smallest absolute Gasteiger partial charge is 0.220 e. The van der Waals surface area contributed by atoms with Gasteiger partial charge in [-0.15, -0.1) is 15.0 Å². The Bertz CT molecular complexity index is 931. The molecule has 6 nitrogen and oxygen atoms in total. The number of hydrogen-bond acceptors (Lipinski definition) is 4. The lowest BCUT2D eigenvalue weighted by atomic mass is 9.84. The number of nitrogens with one attached hydrogen (secondary N) is 1. The molecule has 1 aromatic heterocycles. The van der Waals surface area contributed by atoms with Crippen LogP contribution in [0.25, 0.3) is 16.7 Å². The number of nitrogens with zero attached hydrogens (tertiary/aromatic N) is 3. The molecule has 0 atom stereocenters. The lowest BCUT2D eigenvalue weighted by Crippen LogP contribution is -2.18. The zero-order chi connectivity index (χ0) is 20.9. The first-order valence-electron chi connectivity index (χ1n) is 8.83. The van der Waals surface area contributed by atoms with E-state index in [1.165, 1.54) is 4.80 Å². The van der Waals surface area contributed by atoms with Crippen molar-refractivity contribution in [3.05, 3.63) is 47.5 Å². The largest absolute Gasteiger partial charge is 0.505 e. The van der Waals surface area contributed by atoms with Crippen molar-refractivity contribution in [3.8, 4) is 11.4 Å². The summed E-state index contributed by atoms with van der Waals surface area (Å²) in [6.45, 7) is 6.13. The molecule has 0 aliphatic carbocycles. The van der Waals surface area contributed by atoms with Crippen molar-refractivity contribution in [2.45, 2.75) is 39.0 Å². The highest BCUT2D eigenvalue weighted by molar-refractivity contribution is 15.0. The highest BCUT2D eigenvalue weighted by Gasteiger charge is 2.23. The molecule has 1 heterocycles. The second-order valence-electron chi connectivity index (χ2n) is 7.41. The number of aryl methyl sites for hydroxylation is 1. The SMILES string of the molecule is CNC(=O)CCc1cc(-n2nc3ccccc3n2)c(O)c(C(C)(C)C)c1.II. The van der Waals surface area contributed by atoms with Crippen LogP contribution in [-0.2, 0) is 16.6 Å². The molecule has 150 valence electrons. The van der Waals surface area contributed by atoms with Gasteiger partial charge in [0.05, 0.1) is 0 Å². The molecule has 0 spiro atoms. The molecule has 0 unspecified atom stereocenters. The Morgan fingerprint density at radius 1 is 1.14 bits per heavy atom. The normalized spacial score (nSPS) is 11.1. The van der Waals surface area contributed by atoms with Crippen LogP contribution in [0.15, 0.2) is 36.4 Å². The minimum Gasteiger partial charge on any atom is -0.505 e. The van der Waals surface area contributed by atoms with Crippen molar-refractivity contribution in [2.24, 2.45) is 0 Å². The second-order valence-corrected chi connectivity index (χ2v) is 7.41. The number of rotatable bonds is 4. The molecular weight excluding hydrogens is 582 g/mol. The summed E-state index contributed by atoms with van der Waals surface area (Å²) >= 11 is 4.24. The average molecular weight is 606 g/mol. The quantitative estimate of drug-likeness (QED) is 0.416. The zero-order valence-corrected chi connectivity index (χ0v) is 20.6. The lowest BCUT2D eigenvalue weighted by molar-refractivity contribution is -0.120. The van der Waals surface area contributed by atoms with E-state index in [1.807, 2.05) is 57.2 Å². The number of phenols is 1. The number of phenolic OH excluding ortho intramolecular Hbond substituents is 1. The third-order valence-corrected chi connectivity index (χ3v) is 4.38. The average Bonchev–Trinajstić information content (AvgIpc) is 3.11. The third-order valence-electron chi connectivity index (χ3n) is 4.38. The summed E-state index contributed by atoms with van der Waals surface area (Å²) in [5, 5.41) is 22.5. The fourth-order valence-electron chi connectivity index (χ4n) is 2.90. The summed E-state index contributed by atoms with van der Waals surface area (Å²) in [6, 6.07) is 11.4. The fraction of sp³-hybridized carbons (Fsp3) is 0.350.